The van der Waals surface area contributed by atoms with Crippen LogP contribution < -0.4 is 5.32 Å². The van der Waals surface area contributed by atoms with Crippen LogP contribution in [0.25, 0.3) is 10.4 Å². The molecular formula is C25H24ClFN4O2S2. The maximum atomic E-state index is 14.2. The average Bonchev–Trinajstić information content (AvgIpc) is 3.51. The number of carbonyl (C=O) groups is 2. The standard InChI is InChI=1S/C25H24ClFN4O2S2/c1-14(23(32)29-25-30-28-13-34-25)22(16-5-4-6-17(27)11-16)21-10-9-20(35-21)15-7-8-18(19(26)12-15)24(33)31(2)3/h4-10,12-14,16,22H,11H2,1-3H3,(H,29,30,32)/t14-,16?,22-/m1/s1. The number of rotatable bonds is 7. The molecule has 10 heteroatoms. The molecule has 1 aliphatic rings. The van der Waals surface area contributed by atoms with Crippen molar-refractivity contribution in [2.24, 2.45) is 11.8 Å². The van der Waals surface area contributed by atoms with E-state index >= 15 is 0 Å². The van der Waals surface area contributed by atoms with Crippen molar-refractivity contribution in [1.29, 1.82) is 0 Å². The lowest BCUT2D eigenvalue weighted by atomic mass is 9.77. The van der Waals surface area contributed by atoms with Crippen molar-refractivity contribution in [3.63, 3.8) is 0 Å². The number of nitrogens with one attached hydrogen (secondary N) is 1. The molecule has 1 aromatic carbocycles. The molecule has 0 spiro atoms. The Labute approximate surface area is 216 Å². The van der Waals surface area contributed by atoms with Gasteiger partial charge in [0.25, 0.3) is 5.91 Å². The number of halogens is 2. The van der Waals surface area contributed by atoms with Gasteiger partial charge in [-0.05, 0) is 41.8 Å². The molecule has 35 heavy (non-hydrogen) atoms. The quantitative estimate of drug-likeness (QED) is 0.383. The Morgan fingerprint density at radius 2 is 2.06 bits per heavy atom. The fourth-order valence-electron chi connectivity index (χ4n) is 4.12. The third-order valence-corrected chi connectivity index (χ3v) is 8.07. The molecule has 2 aromatic heterocycles. The fourth-order valence-corrected chi connectivity index (χ4v) is 6.11. The molecule has 1 unspecified atom stereocenters. The molecular weight excluding hydrogens is 507 g/mol. The smallest absolute Gasteiger partial charge is 0.254 e. The Morgan fingerprint density at radius 3 is 2.71 bits per heavy atom. The van der Waals surface area contributed by atoms with Crippen LogP contribution in [0.2, 0.25) is 5.02 Å². The SMILES string of the molecule is C[C@@H](C(=O)Nc1nncs1)[C@@H](c1ccc(-c2ccc(C(=O)N(C)C)c(Cl)c2)s1)C1C=CC=C(F)C1. The first-order valence-electron chi connectivity index (χ1n) is 11.0. The summed E-state index contributed by atoms with van der Waals surface area (Å²) in [5.41, 5.74) is 2.86. The van der Waals surface area contributed by atoms with Gasteiger partial charge in [-0.15, -0.1) is 21.5 Å². The van der Waals surface area contributed by atoms with E-state index < -0.39 is 5.92 Å². The van der Waals surface area contributed by atoms with Gasteiger partial charge in [-0.1, -0.05) is 48.1 Å². The summed E-state index contributed by atoms with van der Waals surface area (Å²) in [6.45, 7) is 1.85. The lowest BCUT2D eigenvalue weighted by molar-refractivity contribution is -0.120. The zero-order valence-corrected chi connectivity index (χ0v) is 21.8. The van der Waals surface area contributed by atoms with Gasteiger partial charge in [0, 0.05) is 42.1 Å². The Hall–Kier alpha value is -2.88. The van der Waals surface area contributed by atoms with Crippen LogP contribution in [0.4, 0.5) is 9.52 Å². The first-order chi connectivity index (χ1) is 16.7. The maximum Gasteiger partial charge on any atom is 0.254 e. The van der Waals surface area contributed by atoms with Crippen molar-refractivity contribution < 1.29 is 14.0 Å². The van der Waals surface area contributed by atoms with Gasteiger partial charge in [0.15, 0.2) is 0 Å². The summed E-state index contributed by atoms with van der Waals surface area (Å²) in [6.07, 6.45) is 5.36. The van der Waals surface area contributed by atoms with Crippen LogP contribution in [0.1, 0.15) is 34.5 Å². The minimum Gasteiger partial charge on any atom is -0.345 e. The molecule has 3 atom stereocenters. The molecule has 0 saturated heterocycles. The monoisotopic (exact) mass is 530 g/mol. The van der Waals surface area contributed by atoms with E-state index in [9.17, 15) is 14.0 Å². The molecule has 2 heterocycles. The molecule has 3 aromatic rings. The Bertz CT molecular complexity index is 1290. The van der Waals surface area contributed by atoms with Crippen LogP contribution in [0, 0.1) is 11.8 Å². The third-order valence-electron chi connectivity index (χ3n) is 5.92. The van der Waals surface area contributed by atoms with Crippen LogP contribution in [-0.2, 0) is 4.79 Å². The summed E-state index contributed by atoms with van der Waals surface area (Å²) in [6, 6.07) is 9.31. The minimum atomic E-state index is -0.449. The second kappa shape index (κ2) is 10.8. The van der Waals surface area contributed by atoms with E-state index in [-0.39, 0.29) is 35.9 Å². The molecule has 0 radical (unpaired) electrons. The Morgan fingerprint density at radius 1 is 1.26 bits per heavy atom. The van der Waals surface area contributed by atoms with Crippen molar-refractivity contribution >= 4 is 51.2 Å². The summed E-state index contributed by atoms with van der Waals surface area (Å²) >= 11 is 9.20. The average molecular weight is 531 g/mol. The topological polar surface area (TPSA) is 75.2 Å². The van der Waals surface area contributed by atoms with Gasteiger partial charge in [0.05, 0.1) is 10.6 Å². The minimum absolute atomic E-state index is 0.164. The number of hydrogen-bond acceptors (Lipinski definition) is 6. The van der Waals surface area contributed by atoms with Gasteiger partial charge in [-0.3, -0.25) is 9.59 Å². The molecule has 2 amide bonds. The number of carbonyl (C=O) groups excluding carboxylic acids is 2. The van der Waals surface area contributed by atoms with Gasteiger partial charge < -0.3 is 10.2 Å². The lowest BCUT2D eigenvalue weighted by Crippen LogP contribution is -2.29. The lowest BCUT2D eigenvalue weighted by Gasteiger charge is -2.29. The first kappa shape index (κ1) is 25.2. The van der Waals surface area contributed by atoms with Crippen LogP contribution in [-0.4, -0.2) is 41.0 Å². The predicted octanol–water partition coefficient (Wildman–Crippen LogP) is 6.41. The number of anilines is 1. The van der Waals surface area contributed by atoms with Crippen LogP contribution in [0.5, 0.6) is 0 Å². The summed E-state index contributed by atoms with van der Waals surface area (Å²) < 4.78 is 14.2. The van der Waals surface area contributed by atoms with Gasteiger partial charge in [0.1, 0.15) is 11.3 Å². The highest BCUT2D eigenvalue weighted by Crippen LogP contribution is 2.44. The van der Waals surface area contributed by atoms with Crippen molar-refractivity contribution in [3.05, 3.63) is 75.4 Å². The predicted molar refractivity (Wildman–Crippen MR) is 140 cm³/mol. The summed E-state index contributed by atoms with van der Waals surface area (Å²) in [7, 11) is 3.36. The van der Waals surface area contributed by atoms with Crippen molar-refractivity contribution in [2.75, 3.05) is 19.4 Å². The van der Waals surface area contributed by atoms with Gasteiger partial charge >= 0.3 is 0 Å². The van der Waals surface area contributed by atoms with Crippen LogP contribution in [0.15, 0.2) is 59.9 Å². The van der Waals surface area contributed by atoms with Crippen molar-refractivity contribution in [3.8, 4) is 10.4 Å². The number of thiophene rings is 1. The normalized spacial score (nSPS) is 16.9. The number of nitrogens with zero attached hydrogens (tertiary/aromatic N) is 3. The van der Waals surface area contributed by atoms with Gasteiger partial charge in [-0.2, -0.15) is 0 Å². The molecule has 0 saturated carbocycles. The van der Waals surface area contributed by atoms with E-state index in [1.165, 1.54) is 33.6 Å². The molecule has 0 bridgehead atoms. The van der Waals surface area contributed by atoms with Crippen molar-refractivity contribution in [2.45, 2.75) is 19.3 Å². The van der Waals surface area contributed by atoms with Crippen LogP contribution in [0.3, 0.4) is 0 Å². The first-order valence-corrected chi connectivity index (χ1v) is 13.0. The highest BCUT2D eigenvalue weighted by molar-refractivity contribution is 7.15. The van der Waals surface area contributed by atoms with E-state index in [0.29, 0.717) is 15.7 Å². The van der Waals surface area contributed by atoms with E-state index in [1.54, 1.807) is 37.8 Å². The van der Waals surface area contributed by atoms with E-state index in [1.807, 2.05) is 31.2 Å². The van der Waals surface area contributed by atoms with Gasteiger partial charge in [0.2, 0.25) is 11.0 Å². The highest BCUT2D eigenvalue weighted by Gasteiger charge is 2.34. The second-order valence-electron chi connectivity index (χ2n) is 8.51. The molecule has 4 rings (SSSR count). The highest BCUT2D eigenvalue weighted by atomic mass is 35.5. The zero-order valence-electron chi connectivity index (χ0n) is 19.4. The molecule has 1 N–H and O–H groups in total. The van der Waals surface area contributed by atoms with Crippen LogP contribution >= 0.6 is 34.3 Å². The summed E-state index contributed by atoms with van der Waals surface area (Å²) in [4.78, 5) is 28.8. The largest absolute Gasteiger partial charge is 0.345 e. The summed E-state index contributed by atoms with van der Waals surface area (Å²) in [5.74, 6) is -1.44. The number of allylic oxidation sites excluding steroid dienone is 4. The second-order valence-corrected chi connectivity index (χ2v) is 10.9. The Balaban J connectivity index is 1.64. The van der Waals surface area contributed by atoms with E-state index in [4.69, 9.17) is 11.6 Å². The maximum absolute atomic E-state index is 14.2. The zero-order chi connectivity index (χ0) is 25.1. The molecule has 0 fully saturated rings. The molecule has 0 aliphatic heterocycles. The fraction of sp³-hybridized carbons (Fsp3) is 0.280. The molecule has 6 nitrogen and oxygen atoms in total. The number of benzene rings is 1. The summed E-state index contributed by atoms with van der Waals surface area (Å²) in [5, 5.41) is 11.3. The molecule has 1 aliphatic carbocycles. The van der Waals surface area contributed by atoms with E-state index in [2.05, 4.69) is 15.5 Å². The Kier molecular flexibility index (Phi) is 7.78. The number of aromatic nitrogens is 2. The number of hydrogen-bond donors (Lipinski definition) is 1. The van der Waals surface area contributed by atoms with Crippen molar-refractivity contribution in [1.82, 2.24) is 15.1 Å². The third kappa shape index (κ3) is 5.69. The number of amides is 2. The van der Waals surface area contributed by atoms with E-state index in [0.717, 1.165) is 15.3 Å². The molecule has 182 valence electrons. The van der Waals surface area contributed by atoms with Gasteiger partial charge in [-0.25, -0.2) is 4.39 Å².